The van der Waals surface area contributed by atoms with Crippen LogP contribution in [0.2, 0.25) is 18.1 Å². The Labute approximate surface area is 161 Å². The van der Waals surface area contributed by atoms with Crippen LogP contribution in [0.1, 0.15) is 72.1 Å². The van der Waals surface area contributed by atoms with Crippen molar-refractivity contribution >= 4 is 14.1 Å². The molecule has 4 aliphatic carbocycles. The van der Waals surface area contributed by atoms with Crippen molar-refractivity contribution in [2.45, 2.75) is 96.4 Å². The zero-order chi connectivity index (χ0) is 18.7. The summed E-state index contributed by atoms with van der Waals surface area (Å²) >= 11 is 0. The summed E-state index contributed by atoms with van der Waals surface area (Å²) in [6.45, 7) is 11.9. The number of carbonyl (C=O) groups is 1. The molecule has 0 saturated heterocycles. The number of hydrogen-bond acceptors (Lipinski definition) is 2. The summed E-state index contributed by atoms with van der Waals surface area (Å²) < 4.78 is 6.92. The highest BCUT2D eigenvalue weighted by Crippen LogP contribution is 2.57. The van der Waals surface area contributed by atoms with Gasteiger partial charge in [-0.3, -0.25) is 4.79 Å². The summed E-state index contributed by atoms with van der Waals surface area (Å²) in [5.74, 6) is 4.57. The van der Waals surface area contributed by atoms with Crippen LogP contribution in [0.3, 0.4) is 0 Å². The Morgan fingerprint density at radius 2 is 1.54 bits per heavy atom. The molecule has 0 amide bonds. The van der Waals surface area contributed by atoms with E-state index in [-0.39, 0.29) is 0 Å². The van der Waals surface area contributed by atoms with Crippen LogP contribution in [-0.2, 0) is 9.22 Å². The van der Waals surface area contributed by atoms with E-state index in [9.17, 15) is 4.79 Å². The molecule has 0 radical (unpaired) electrons. The third-order valence-corrected chi connectivity index (χ3v) is 13.3. The molecule has 0 bridgehead atoms. The highest BCUT2D eigenvalue weighted by molar-refractivity contribution is 6.74. The smallest absolute Gasteiger partial charge is 0.192 e. The first-order valence-corrected chi connectivity index (χ1v) is 14.0. The first-order valence-electron chi connectivity index (χ1n) is 11.1. The lowest BCUT2D eigenvalue weighted by Crippen LogP contribution is -2.47. The van der Waals surface area contributed by atoms with E-state index >= 15 is 0 Å². The SMILES string of the molecule is CC(C)(C)[Si](C)(C)O[C@H]1CC[C@H]2[C@@H]3CCC4=CC(=O)CC[C@@H]4[C@H]3CC[C@@H]21. The number of allylic oxidation sites excluding steroid dienone is 1. The van der Waals surface area contributed by atoms with Crippen molar-refractivity contribution in [3.63, 3.8) is 0 Å². The summed E-state index contributed by atoms with van der Waals surface area (Å²) in [4.78, 5) is 11.8. The lowest BCUT2D eigenvalue weighted by Gasteiger charge is -2.50. The van der Waals surface area contributed by atoms with E-state index in [1.54, 1.807) is 0 Å². The van der Waals surface area contributed by atoms with Crippen LogP contribution in [0.5, 0.6) is 0 Å². The lowest BCUT2D eigenvalue weighted by atomic mass is 9.56. The fourth-order valence-electron chi connectivity index (χ4n) is 6.49. The molecule has 0 aliphatic heterocycles. The maximum absolute atomic E-state index is 11.8. The third-order valence-electron chi connectivity index (χ3n) is 8.80. The van der Waals surface area contributed by atoms with E-state index in [1.165, 1.54) is 44.1 Å². The van der Waals surface area contributed by atoms with Gasteiger partial charge >= 0.3 is 0 Å². The second-order valence-electron chi connectivity index (χ2n) is 11.1. The maximum Gasteiger partial charge on any atom is 0.192 e. The standard InChI is InChI=1S/C23H38O2Si/c1-23(2,3)26(4,5)25-22-13-12-20-19-8-6-15-14-16(24)7-9-17(15)18(19)10-11-21(20)22/h14,17-22H,6-13H2,1-5H3/t17-,18+,19+,20-,21-,22-/m0/s1. The van der Waals surface area contributed by atoms with Gasteiger partial charge in [0, 0.05) is 12.5 Å². The molecular weight excluding hydrogens is 336 g/mol. The molecule has 0 spiro atoms. The van der Waals surface area contributed by atoms with Crippen LogP contribution in [0, 0.1) is 29.6 Å². The van der Waals surface area contributed by atoms with Gasteiger partial charge in [0.15, 0.2) is 14.1 Å². The highest BCUT2D eigenvalue weighted by Gasteiger charge is 2.52. The monoisotopic (exact) mass is 374 g/mol. The Morgan fingerprint density at radius 3 is 2.27 bits per heavy atom. The van der Waals surface area contributed by atoms with Crippen LogP contribution in [0.15, 0.2) is 11.6 Å². The Morgan fingerprint density at radius 1 is 0.885 bits per heavy atom. The highest BCUT2D eigenvalue weighted by atomic mass is 28.4. The summed E-state index contributed by atoms with van der Waals surface area (Å²) in [7, 11) is -1.67. The van der Waals surface area contributed by atoms with Gasteiger partial charge in [-0.15, -0.1) is 0 Å². The molecule has 3 saturated carbocycles. The quantitative estimate of drug-likeness (QED) is 0.544. The molecule has 26 heavy (non-hydrogen) atoms. The topological polar surface area (TPSA) is 26.3 Å². The molecule has 0 aromatic heterocycles. The van der Waals surface area contributed by atoms with Crippen LogP contribution in [0.25, 0.3) is 0 Å². The van der Waals surface area contributed by atoms with E-state index in [0.29, 0.717) is 16.9 Å². The van der Waals surface area contributed by atoms with Gasteiger partial charge in [-0.1, -0.05) is 26.3 Å². The summed E-state index contributed by atoms with van der Waals surface area (Å²) in [6.07, 6.45) is 12.4. The van der Waals surface area contributed by atoms with Gasteiger partial charge in [-0.25, -0.2) is 0 Å². The average molecular weight is 375 g/mol. The van der Waals surface area contributed by atoms with Crippen LogP contribution in [-0.4, -0.2) is 20.2 Å². The second kappa shape index (κ2) is 6.58. The van der Waals surface area contributed by atoms with Crippen molar-refractivity contribution in [3.05, 3.63) is 11.6 Å². The summed E-state index contributed by atoms with van der Waals surface area (Å²) in [6, 6.07) is 0. The van der Waals surface area contributed by atoms with Crippen molar-refractivity contribution in [1.82, 2.24) is 0 Å². The first kappa shape index (κ1) is 18.9. The molecule has 6 atom stereocenters. The minimum absolute atomic E-state index is 0.307. The van der Waals surface area contributed by atoms with E-state index in [0.717, 1.165) is 42.4 Å². The predicted molar refractivity (Wildman–Crippen MR) is 110 cm³/mol. The molecule has 2 nitrogen and oxygen atoms in total. The van der Waals surface area contributed by atoms with Gasteiger partial charge in [0.25, 0.3) is 0 Å². The Kier molecular flexibility index (Phi) is 4.79. The minimum atomic E-state index is -1.67. The zero-order valence-corrected chi connectivity index (χ0v) is 18.5. The van der Waals surface area contributed by atoms with Crippen molar-refractivity contribution < 1.29 is 9.22 Å². The molecule has 4 aliphatic rings. The van der Waals surface area contributed by atoms with Crippen molar-refractivity contribution in [3.8, 4) is 0 Å². The molecule has 4 rings (SSSR count). The fraction of sp³-hybridized carbons (Fsp3) is 0.870. The molecule has 0 aromatic rings. The number of fused-ring (bicyclic) bond motifs is 5. The predicted octanol–water partition coefficient (Wildman–Crippen LogP) is 6.13. The number of hydrogen-bond donors (Lipinski definition) is 0. The van der Waals surface area contributed by atoms with Gasteiger partial charge in [-0.2, -0.15) is 0 Å². The van der Waals surface area contributed by atoms with Crippen molar-refractivity contribution in [1.29, 1.82) is 0 Å². The molecule has 0 heterocycles. The number of rotatable bonds is 2. The van der Waals surface area contributed by atoms with E-state index in [2.05, 4.69) is 33.9 Å². The third kappa shape index (κ3) is 3.17. The fourth-order valence-corrected chi connectivity index (χ4v) is 7.89. The van der Waals surface area contributed by atoms with Gasteiger partial charge in [-0.05, 0) is 98.7 Å². The van der Waals surface area contributed by atoms with Gasteiger partial charge < -0.3 is 4.43 Å². The molecule has 3 fully saturated rings. The first-order chi connectivity index (χ1) is 12.2. The molecular formula is C23H38O2Si. The van der Waals surface area contributed by atoms with Crippen molar-refractivity contribution in [2.24, 2.45) is 29.6 Å². The molecule has 0 aromatic carbocycles. The van der Waals surface area contributed by atoms with Crippen LogP contribution < -0.4 is 0 Å². The van der Waals surface area contributed by atoms with Gasteiger partial charge in [0.05, 0.1) is 0 Å². The Bertz CT molecular complexity index is 600. The van der Waals surface area contributed by atoms with Crippen LogP contribution in [0.4, 0.5) is 0 Å². The maximum atomic E-state index is 11.8. The molecule has 3 heteroatoms. The van der Waals surface area contributed by atoms with E-state index in [1.807, 2.05) is 6.08 Å². The second-order valence-corrected chi connectivity index (χ2v) is 15.9. The van der Waals surface area contributed by atoms with Gasteiger partial charge in [0.1, 0.15) is 0 Å². The molecule has 0 N–H and O–H groups in total. The zero-order valence-electron chi connectivity index (χ0n) is 17.5. The normalized spacial score (nSPS) is 40.5. The lowest BCUT2D eigenvalue weighted by molar-refractivity contribution is -0.115. The molecule has 0 unspecified atom stereocenters. The minimum Gasteiger partial charge on any atom is -0.414 e. The number of ketones is 1. The number of carbonyl (C=O) groups excluding carboxylic acids is 1. The Balaban J connectivity index is 1.48. The van der Waals surface area contributed by atoms with Crippen LogP contribution >= 0.6 is 0 Å². The summed E-state index contributed by atoms with van der Waals surface area (Å²) in [5.41, 5.74) is 1.51. The van der Waals surface area contributed by atoms with E-state index in [4.69, 9.17) is 4.43 Å². The molecule has 146 valence electrons. The summed E-state index contributed by atoms with van der Waals surface area (Å²) in [5, 5.41) is 0.307. The largest absolute Gasteiger partial charge is 0.414 e. The van der Waals surface area contributed by atoms with E-state index < -0.39 is 8.32 Å². The Hall–Kier alpha value is -0.413. The van der Waals surface area contributed by atoms with Crippen molar-refractivity contribution in [2.75, 3.05) is 0 Å². The van der Waals surface area contributed by atoms with Gasteiger partial charge in [0.2, 0.25) is 0 Å². The average Bonchev–Trinajstić information content (AvgIpc) is 2.95.